The zero-order valence-corrected chi connectivity index (χ0v) is 14.8. The Morgan fingerprint density at radius 1 is 1.38 bits per heavy atom. The quantitative estimate of drug-likeness (QED) is 0.701. The van der Waals surface area contributed by atoms with Crippen molar-refractivity contribution < 1.29 is 17.9 Å². The molecule has 0 heterocycles. The van der Waals surface area contributed by atoms with Crippen molar-refractivity contribution in [3.05, 3.63) is 0 Å². The van der Waals surface area contributed by atoms with Crippen LogP contribution >= 0.6 is 12.4 Å². The number of halogens is 1. The molecule has 1 saturated carbocycles. The number of rotatable bonds is 7. The van der Waals surface area contributed by atoms with Gasteiger partial charge in [0, 0.05) is 30.7 Å². The number of hydrogen-bond donors (Lipinski definition) is 2. The second kappa shape index (κ2) is 7.26. The second-order valence-corrected chi connectivity index (χ2v) is 8.31. The highest BCUT2D eigenvalue weighted by molar-refractivity contribution is 7.91. The molecule has 21 heavy (non-hydrogen) atoms. The predicted molar refractivity (Wildman–Crippen MR) is 85.3 cm³/mol. The number of carbonyl (C=O) groups excluding carboxylic acids is 1. The van der Waals surface area contributed by atoms with Crippen molar-refractivity contribution in [2.24, 2.45) is 11.1 Å². The number of nitrogens with one attached hydrogen (secondary N) is 1. The highest BCUT2D eigenvalue weighted by atomic mass is 35.5. The van der Waals surface area contributed by atoms with Crippen LogP contribution in [0.3, 0.4) is 0 Å². The smallest absolute Gasteiger partial charge is 0.240 e. The van der Waals surface area contributed by atoms with E-state index in [9.17, 15) is 13.2 Å². The molecule has 0 aliphatic heterocycles. The summed E-state index contributed by atoms with van der Waals surface area (Å²) >= 11 is 0. The highest BCUT2D eigenvalue weighted by Gasteiger charge is 2.62. The summed E-state index contributed by atoms with van der Waals surface area (Å²) in [5, 5.41) is 2.64. The van der Waals surface area contributed by atoms with Crippen molar-refractivity contribution >= 4 is 28.2 Å². The van der Waals surface area contributed by atoms with Crippen LogP contribution in [0.2, 0.25) is 0 Å². The topological polar surface area (TPSA) is 98.5 Å². The lowest BCUT2D eigenvalue weighted by atomic mass is 9.54. The summed E-state index contributed by atoms with van der Waals surface area (Å²) in [7, 11) is -3.08. The summed E-state index contributed by atoms with van der Waals surface area (Å²) < 4.78 is 28.3. The third-order valence-electron chi connectivity index (χ3n) is 4.37. The van der Waals surface area contributed by atoms with E-state index in [1.165, 1.54) is 0 Å². The van der Waals surface area contributed by atoms with Crippen LogP contribution in [0, 0.1) is 5.41 Å². The Balaban J connectivity index is 0.00000400. The fraction of sp³-hybridized carbons (Fsp3) is 0.923. The molecule has 3 N–H and O–H groups in total. The van der Waals surface area contributed by atoms with Crippen LogP contribution in [-0.2, 0) is 19.4 Å². The van der Waals surface area contributed by atoms with E-state index in [1.54, 1.807) is 6.92 Å². The van der Waals surface area contributed by atoms with Gasteiger partial charge in [-0.25, -0.2) is 8.42 Å². The van der Waals surface area contributed by atoms with Gasteiger partial charge in [0.15, 0.2) is 9.84 Å². The van der Waals surface area contributed by atoms with Crippen LogP contribution < -0.4 is 11.1 Å². The monoisotopic (exact) mass is 342 g/mol. The first-order valence-electron chi connectivity index (χ1n) is 7.00. The Kier molecular flexibility index (Phi) is 7.13. The van der Waals surface area contributed by atoms with Crippen molar-refractivity contribution in [3.8, 4) is 0 Å². The Hall–Kier alpha value is -0.370. The van der Waals surface area contributed by atoms with Crippen molar-refractivity contribution in [2.45, 2.75) is 45.8 Å². The van der Waals surface area contributed by atoms with Crippen LogP contribution in [-0.4, -0.2) is 50.6 Å². The zero-order valence-electron chi connectivity index (χ0n) is 13.1. The van der Waals surface area contributed by atoms with Crippen molar-refractivity contribution in [3.63, 3.8) is 0 Å². The molecule has 6 nitrogen and oxygen atoms in total. The average Bonchev–Trinajstić information content (AvgIpc) is 2.37. The van der Waals surface area contributed by atoms with Gasteiger partial charge < -0.3 is 15.8 Å². The molecule has 1 aliphatic rings. The molecule has 0 bridgehead atoms. The van der Waals surface area contributed by atoms with E-state index in [1.807, 2.05) is 20.8 Å². The highest BCUT2D eigenvalue weighted by Crippen LogP contribution is 2.49. The maximum absolute atomic E-state index is 12.2. The molecule has 2 unspecified atom stereocenters. The zero-order chi connectivity index (χ0) is 15.6. The Labute approximate surface area is 133 Å². The standard InChI is InChI=1S/C13H26N2O4S.ClH/c1-5-19-10-9-13(14,12(10,3)4)11(16)15-7-8-20(17,18)6-2;/h10H,5-9,14H2,1-4H3,(H,15,16);1H. The van der Waals surface area contributed by atoms with Gasteiger partial charge >= 0.3 is 0 Å². The van der Waals surface area contributed by atoms with Gasteiger partial charge in [-0.1, -0.05) is 20.8 Å². The normalized spacial score (nSPS) is 27.4. The fourth-order valence-corrected chi connectivity index (χ4v) is 3.14. The summed E-state index contributed by atoms with van der Waals surface area (Å²) in [5.74, 6) is -0.278. The fourth-order valence-electron chi connectivity index (χ4n) is 2.44. The first-order valence-corrected chi connectivity index (χ1v) is 8.82. The van der Waals surface area contributed by atoms with E-state index in [2.05, 4.69) is 5.32 Å². The molecule has 1 amide bonds. The molecule has 2 atom stereocenters. The van der Waals surface area contributed by atoms with E-state index in [4.69, 9.17) is 10.5 Å². The molecular weight excluding hydrogens is 316 g/mol. The maximum Gasteiger partial charge on any atom is 0.240 e. The summed E-state index contributed by atoms with van der Waals surface area (Å²) in [6.07, 6.45) is 0.419. The van der Waals surface area contributed by atoms with Gasteiger partial charge in [0.05, 0.1) is 11.9 Å². The number of hydrogen-bond acceptors (Lipinski definition) is 5. The summed E-state index contributed by atoms with van der Waals surface area (Å²) in [6.45, 7) is 7.98. The third kappa shape index (κ3) is 4.09. The molecule has 126 valence electrons. The number of ether oxygens (including phenoxy) is 1. The van der Waals surface area contributed by atoms with Gasteiger partial charge in [-0.05, 0) is 6.92 Å². The van der Waals surface area contributed by atoms with Gasteiger partial charge in [-0.3, -0.25) is 4.79 Å². The molecule has 1 rings (SSSR count). The van der Waals surface area contributed by atoms with Crippen molar-refractivity contribution in [2.75, 3.05) is 24.7 Å². The molecule has 0 spiro atoms. The number of nitrogens with two attached hydrogens (primary N) is 1. The minimum absolute atomic E-state index is 0. The summed E-state index contributed by atoms with van der Waals surface area (Å²) in [5.41, 5.74) is 4.73. The van der Waals surface area contributed by atoms with Gasteiger partial charge in [0.1, 0.15) is 5.54 Å². The molecule has 0 saturated heterocycles. The van der Waals surface area contributed by atoms with Crippen LogP contribution in [0.4, 0.5) is 0 Å². The SMILES string of the molecule is CCOC1CC(N)(C(=O)NCCS(=O)(=O)CC)C1(C)C.Cl. The molecule has 0 radical (unpaired) electrons. The molecule has 1 fully saturated rings. The van der Waals surface area contributed by atoms with Gasteiger partial charge in [0.25, 0.3) is 0 Å². The van der Waals surface area contributed by atoms with Crippen LogP contribution in [0.25, 0.3) is 0 Å². The van der Waals surface area contributed by atoms with Crippen LogP contribution in [0.5, 0.6) is 0 Å². The molecule has 8 heteroatoms. The van der Waals surface area contributed by atoms with E-state index >= 15 is 0 Å². The van der Waals surface area contributed by atoms with E-state index in [0.717, 1.165) is 0 Å². The van der Waals surface area contributed by atoms with Crippen molar-refractivity contribution in [1.82, 2.24) is 5.32 Å². The molecule has 0 aromatic rings. The Bertz CT molecular complexity index is 467. The minimum Gasteiger partial charge on any atom is -0.378 e. The number of amides is 1. The minimum atomic E-state index is -3.08. The summed E-state index contributed by atoms with van der Waals surface area (Å²) in [6, 6.07) is 0. The second-order valence-electron chi connectivity index (χ2n) is 5.83. The van der Waals surface area contributed by atoms with E-state index in [-0.39, 0.29) is 42.5 Å². The van der Waals surface area contributed by atoms with Gasteiger partial charge in [0.2, 0.25) is 5.91 Å². The molecular formula is C13H27ClN2O4S. The molecule has 0 aromatic heterocycles. The Morgan fingerprint density at radius 3 is 2.38 bits per heavy atom. The Morgan fingerprint density at radius 2 is 1.95 bits per heavy atom. The summed E-state index contributed by atoms with van der Waals surface area (Å²) in [4.78, 5) is 12.2. The lowest BCUT2D eigenvalue weighted by Gasteiger charge is -2.57. The van der Waals surface area contributed by atoms with Gasteiger partial charge in [-0.15, -0.1) is 12.4 Å². The van der Waals surface area contributed by atoms with E-state index in [0.29, 0.717) is 13.0 Å². The number of sulfone groups is 1. The lowest BCUT2D eigenvalue weighted by Crippen LogP contribution is -2.75. The first-order chi connectivity index (χ1) is 9.10. The molecule has 0 aromatic carbocycles. The van der Waals surface area contributed by atoms with Crippen LogP contribution in [0.15, 0.2) is 0 Å². The largest absolute Gasteiger partial charge is 0.378 e. The van der Waals surface area contributed by atoms with Crippen molar-refractivity contribution in [1.29, 1.82) is 0 Å². The first kappa shape index (κ1) is 20.6. The predicted octanol–water partition coefficient (Wildman–Crippen LogP) is 0.492. The molecule has 1 aliphatic carbocycles. The average molecular weight is 343 g/mol. The van der Waals surface area contributed by atoms with Crippen LogP contribution in [0.1, 0.15) is 34.1 Å². The third-order valence-corrected chi connectivity index (χ3v) is 6.08. The van der Waals surface area contributed by atoms with Gasteiger partial charge in [-0.2, -0.15) is 0 Å². The number of carbonyl (C=O) groups is 1. The maximum atomic E-state index is 12.2. The van der Waals surface area contributed by atoms with E-state index < -0.39 is 20.8 Å². The lowest BCUT2D eigenvalue weighted by molar-refractivity contribution is -0.170.